The van der Waals surface area contributed by atoms with Crippen LogP contribution in [-0.2, 0) is 15.8 Å². The molecule has 0 heterocycles. The van der Waals surface area contributed by atoms with Crippen LogP contribution in [0.1, 0.15) is 37.9 Å². The molecule has 0 radical (unpaired) electrons. The molecule has 0 aliphatic carbocycles. The van der Waals surface area contributed by atoms with Crippen LogP contribution in [0.3, 0.4) is 0 Å². The molecule has 2 rings (SSSR count). The van der Waals surface area contributed by atoms with Crippen LogP contribution in [0, 0.1) is 0 Å². The molecule has 0 saturated carbocycles. The van der Waals surface area contributed by atoms with E-state index in [-0.39, 0.29) is 5.75 Å². The van der Waals surface area contributed by atoms with Crippen LogP contribution in [0.15, 0.2) is 42.5 Å². The molecule has 1 N–H and O–H groups in total. The molecular weight excluding hydrogens is 374 g/mol. The van der Waals surface area contributed by atoms with E-state index in [0.29, 0.717) is 35.3 Å². The van der Waals surface area contributed by atoms with Crippen molar-refractivity contribution in [1.82, 2.24) is 4.72 Å². The van der Waals surface area contributed by atoms with Gasteiger partial charge in [0.25, 0.3) is 0 Å². The van der Waals surface area contributed by atoms with E-state index >= 15 is 0 Å². The van der Waals surface area contributed by atoms with E-state index in [0.717, 1.165) is 5.56 Å². The quantitative estimate of drug-likeness (QED) is 0.684. The van der Waals surface area contributed by atoms with Crippen molar-refractivity contribution in [3.63, 3.8) is 0 Å². The summed E-state index contributed by atoms with van der Waals surface area (Å²) in [6.45, 7) is 6.60. The number of halogens is 1. The van der Waals surface area contributed by atoms with Crippen molar-refractivity contribution >= 4 is 21.6 Å². The third kappa shape index (κ3) is 5.62. The molecule has 2 aromatic carbocycles. The zero-order valence-corrected chi connectivity index (χ0v) is 16.7. The highest BCUT2D eigenvalue weighted by molar-refractivity contribution is 7.88. The Morgan fingerprint density at radius 3 is 2.35 bits per heavy atom. The molecule has 0 amide bonds. The standard InChI is InChI=1S/C19H24ClNO4S/c1-4-24-18-11-10-15(12-19(18)25-5-2)14(3)21-26(22,23)13-16-8-6-7-9-17(16)20/h6-12,14,21H,4-5,13H2,1-3H3. The summed E-state index contributed by atoms with van der Waals surface area (Å²) in [6.07, 6.45) is 0. The van der Waals surface area contributed by atoms with Gasteiger partial charge in [-0.15, -0.1) is 0 Å². The fourth-order valence-electron chi connectivity index (χ4n) is 2.54. The second-order valence-electron chi connectivity index (χ2n) is 5.76. The third-order valence-electron chi connectivity index (χ3n) is 3.73. The number of hydrogen-bond donors (Lipinski definition) is 1. The van der Waals surface area contributed by atoms with E-state index in [2.05, 4.69) is 4.72 Å². The maximum Gasteiger partial charge on any atom is 0.216 e. The summed E-state index contributed by atoms with van der Waals surface area (Å²) in [4.78, 5) is 0. The van der Waals surface area contributed by atoms with Gasteiger partial charge in [-0.05, 0) is 50.1 Å². The molecule has 0 bridgehead atoms. The Morgan fingerprint density at radius 1 is 1.04 bits per heavy atom. The molecule has 2 aromatic rings. The molecule has 5 nitrogen and oxygen atoms in total. The fourth-order valence-corrected chi connectivity index (χ4v) is 4.24. The van der Waals surface area contributed by atoms with E-state index in [1.165, 1.54) is 0 Å². The number of hydrogen-bond acceptors (Lipinski definition) is 4. The minimum atomic E-state index is -3.56. The van der Waals surface area contributed by atoms with Gasteiger partial charge in [-0.3, -0.25) is 0 Å². The largest absolute Gasteiger partial charge is 0.490 e. The first-order valence-corrected chi connectivity index (χ1v) is 10.5. The van der Waals surface area contributed by atoms with Crippen molar-refractivity contribution < 1.29 is 17.9 Å². The topological polar surface area (TPSA) is 64.6 Å². The molecular formula is C19H24ClNO4S. The Labute approximate surface area is 160 Å². The lowest BCUT2D eigenvalue weighted by Crippen LogP contribution is -2.28. The van der Waals surface area contributed by atoms with E-state index in [4.69, 9.17) is 21.1 Å². The van der Waals surface area contributed by atoms with Gasteiger partial charge in [0.15, 0.2) is 11.5 Å². The lowest BCUT2D eigenvalue weighted by Gasteiger charge is -2.18. The van der Waals surface area contributed by atoms with Crippen LogP contribution in [0.25, 0.3) is 0 Å². The van der Waals surface area contributed by atoms with Gasteiger partial charge in [-0.1, -0.05) is 35.9 Å². The van der Waals surface area contributed by atoms with E-state index in [9.17, 15) is 8.42 Å². The van der Waals surface area contributed by atoms with Gasteiger partial charge in [0.1, 0.15) is 0 Å². The van der Waals surface area contributed by atoms with Crippen molar-refractivity contribution in [3.8, 4) is 11.5 Å². The van der Waals surface area contributed by atoms with E-state index in [1.807, 2.05) is 19.9 Å². The molecule has 1 atom stereocenters. The summed E-state index contributed by atoms with van der Waals surface area (Å²) in [7, 11) is -3.56. The maximum absolute atomic E-state index is 12.5. The van der Waals surface area contributed by atoms with Crippen molar-refractivity contribution in [1.29, 1.82) is 0 Å². The average Bonchev–Trinajstić information content (AvgIpc) is 2.58. The van der Waals surface area contributed by atoms with E-state index < -0.39 is 16.1 Å². The molecule has 0 saturated heterocycles. The molecule has 1 unspecified atom stereocenters. The zero-order valence-electron chi connectivity index (χ0n) is 15.2. The molecule has 26 heavy (non-hydrogen) atoms. The number of nitrogens with one attached hydrogen (secondary N) is 1. The third-order valence-corrected chi connectivity index (χ3v) is 5.50. The van der Waals surface area contributed by atoms with Crippen molar-refractivity contribution in [2.75, 3.05) is 13.2 Å². The molecule has 0 fully saturated rings. The predicted octanol–water partition coefficient (Wildman–Crippen LogP) is 4.32. The van der Waals surface area contributed by atoms with Gasteiger partial charge in [0.05, 0.1) is 19.0 Å². The SMILES string of the molecule is CCOc1ccc(C(C)NS(=O)(=O)Cc2ccccc2Cl)cc1OCC. The first kappa shape index (κ1) is 20.6. The Bertz CT molecular complexity index is 839. The highest BCUT2D eigenvalue weighted by Crippen LogP contribution is 2.31. The van der Waals surface area contributed by atoms with Crippen molar-refractivity contribution in [3.05, 3.63) is 58.6 Å². The monoisotopic (exact) mass is 397 g/mol. The Morgan fingerprint density at radius 2 is 1.69 bits per heavy atom. The van der Waals surface area contributed by atoms with Gasteiger partial charge in [0.2, 0.25) is 10.0 Å². The lowest BCUT2D eigenvalue weighted by atomic mass is 10.1. The first-order valence-electron chi connectivity index (χ1n) is 8.49. The van der Waals surface area contributed by atoms with Crippen LogP contribution in [0.4, 0.5) is 0 Å². The van der Waals surface area contributed by atoms with Gasteiger partial charge in [-0.25, -0.2) is 13.1 Å². The molecule has 0 aliphatic rings. The lowest BCUT2D eigenvalue weighted by molar-refractivity contribution is 0.287. The second kappa shape index (κ2) is 9.26. The van der Waals surface area contributed by atoms with Gasteiger partial charge in [-0.2, -0.15) is 0 Å². The van der Waals surface area contributed by atoms with Crippen LogP contribution < -0.4 is 14.2 Å². The molecule has 0 spiro atoms. The van der Waals surface area contributed by atoms with Crippen LogP contribution >= 0.6 is 11.6 Å². The summed E-state index contributed by atoms with van der Waals surface area (Å²) in [5, 5.41) is 0.435. The summed E-state index contributed by atoms with van der Waals surface area (Å²) >= 11 is 6.06. The van der Waals surface area contributed by atoms with Crippen molar-refractivity contribution in [2.24, 2.45) is 0 Å². The summed E-state index contributed by atoms with van der Waals surface area (Å²) in [5.74, 6) is 1.07. The summed E-state index contributed by atoms with van der Waals surface area (Å²) in [6, 6.07) is 11.9. The minimum Gasteiger partial charge on any atom is -0.490 e. The second-order valence-corrected chi connectivity index (χ2v) is 7.92. The Balaban J connectivity index is 2.16. The molecule has 0 aliphatic heterocycles. The average molecular weight is 398 g/mol. The predicted molar refractivity (Wildman–Crippen MR) is 104 cm³/mol. The number of ether oxygens (including phenoxy) is 2. The maximum atomic E-state index is 12.5. The normalized spacial score (nSPS) is 12.6. The highest BCUT2D eigenvalue weighted by atomic mass is 35.5. The highest BCUT2D eigenvalue weighted by Gasteiger charge is 2.19. The van der Waals surface area contributed by atoms with Gasteiger partial charge < -0.3 is 9.47 Å². The number of sulfonamides is 1. The molecule has 7 heteroatoms. The van der Waals surface area contributed by atoms with Gasteiger partial charge in [0, 0.05) is 11.1 Å². The number of benzene rings is 2. The van der Waals surface area contributed by atoms with Gasteiger partial charge >= 0.3 is 0 Å². The molecule has 0 aromatic heterocycles. The van der Waals surface area contributed by atoms with Crippen molar-refractivity contribution in [2.45, 2.75) is 32.6 Å². The smallest absolute Gasteiger partial charge is 0.216 e. The Hall–Kier alpha value is -1.76. The van der Waals surface area contributed by atoms with E-state index in [1.54, 1.807) is 43.3 Å². The van der Waals surface area contributed by atoms with Crippen LogP contribution in [0.5, 0.6) is 11.5 Å². The Kier molecular flexibility index (Phi) is 7.32. The first-order chi connectivity index (χ1) is 12.4. The minimum absolute atomic E-state index is 0.174. The summed E-state index contributed by atoms with van der Waals surface area (Å²) < 4.78 is 38.8. The number of rotatable bonds is 9. The fraction of sp³-hybridized carbons (Fsp3) is 0.368. The zero-order chi connectivity index (χ0) is 19.2. The van der Waals surface area contributed by atoms with Crippen LogP contribution in [-0.4, -0.2) is 21.6 Å². The molecule has 142 valence electrons. The summed E-state index contributed by atoms with van der Waals surface area (Å²) in [5.41, 5.74) is 1.36. The van der Waals surface area contributed by atoms with Crippen LogP contribution in [0.2, 0.25) is 5.02 Å².